The molecule has 7 nitrogen and oxygen atoms in total. The number of benzene rings is 2. The monoisotopic (exact) mass is 411 g/mol. The molecule has 2 heterocycles. The van der Waals surface area contributed by atoms with Gasteiger partial charge < -0.3 is 10.2 Å². The van der Waals surface area contributed by atoms with E-state index in [1.807, 2.05) is 43.3 Å². The minimum atomic E-state index is -3.57. The van der Waals surface area contributed by atoms with E-state index in [4.69, 9.17) is 0 Å². The van der Waals surface area contributed by atoms with Crippen LogP contribution >= 0.6 is 0 Å². The highest BCUT2D eigenvalue weighted by molar-refractivity contribution is 7.89. The minimum Gasteiger partial charge on any atom is -0.356 e. The number of aryl methyl sites for hydroxylation is 1. The molecule has 4 rings (SSSR count). The molecule has 2 aromatic carbocycles. The number of anilines is 2. The fourth-order valence-corrected chi connectivity index (χ4v) is 4.58. The summed E-state index contributed by atoms with van der Waals surface area (Å²) < 4.78 is 27.8. The Kier molecular flexibility index (Phi) is 5.64. The van der Waals surface area contributed by atoms with Crippen molar-refractivity contribution in [1.82, 2.24) is 14.7 Å². The van der Waals surface area contributed by atoms with Crippen LogP contribution in [0.4, 0.5) is 11.8 Å². The predicted molar refractivity (Wildman–Crippen MR) is 116 cm³/mol. The molecule has 8 heteroatoms. The van der Waals surface area contributed by atoms with E-state index < -0.39 is 10.0 Å². The minimum absolute atomic E-state index is 0.242. The fraction of sp³-hybridized carbons (Fsp3) is 0.333. The van der Waals surface area contributed by atoms with Gasteiger partial charge in [-0.15, -0.1) is 0 Å². The van der Waals surface area contributed by atoms with Crippen molar-refractivity contribution in [2.24, 2.45) is 0 Å². The van der Waals surface area contributed by atoms with E-state index in [-0.39, 0.29) is 11.4 Å². The van der Waals surface area contributed by atoms with E-state index >= 15 is 0 Å². The Morgan fingerprint density at radius 2 is 1.72 bits per heavy atom. The fourth-order valence-electron chi connectivity index (χ4n) is 3.52. The van der Waals surface area contributed by atoms with Crippen LogP contribution in [-0.4, -0.2) is 44.6 Å². The molecule has 1 saturated heterocycles. The molecular weight excluding hydrogens is 386 g/mol. The van der Waals surface area contributed by atoms with E-state index in [0.29, 0.717) is 12.5 Å². The smallest absolute Gasteiger partial charge is 0.240 e. The number of nitrogens with one attached hydrogen (secondary N) is 2. The van der Waals surface area contributed by atoms with Crippen LogP contribution in [0.3, 0.4) is 0 Å². The number of aromatic nitrogens is 2. The normalized spacial score (nSPS) is 14.4. The van der Waals surface area contributed by atoms with Gasteiger partial charge in [0, 0.05) is 37.9 Å². The molecule has 3 aromatic rings. The van der Waals surface area contributed by atoms with Gasteiger partial charge in [0.1, 0.15) is 5.82 Å². The molecule has 0 bridgehead atoms. The Balaban J connectivity index is 1.37. The highest BCUT2D eigenvalue weighted by Crippen LogP contribution is 2.20. The zero-order valence-corrected chi connectivity index (χ0v) is 17.2. The Morgan fingerprint density at radius 1 is 0.966 bits per heavy atom. The van der Waals surface area contributed by atoms with Gasteiger partial charge in [-0.05, 0) is 42.7 Å². The van der Waals surface area contributed by atoms with Crippen molar-refractivity contribution in [2.75, 3.05) is 36.4 Å². The van der Waals surface area contributed by atoms with Gasteiger partial charge in [0.05, 0.1) is 4.90 Å². The van der Waals surface area contributed by atoms with Crippen molar-refractivity contribution in [1.29, 1.82) is 0 Å². The summed E-state index contributed by atoms with van der Waals surface area (Å²) in [6.07, 6.45) is 2.37. The molecule has 1 aliphatic heterocycles. The number of rotatable bonds is 7. The highest BCUT2D eigenvalue weighted by Gasteiger charge is 2.16. The number of nitrogens with zero attached hydrogens (tertiary/aromatic N) is 3. The van der Waals surface area contributed by atoms with Gasteiger partial charge in [-0.25, -0.2) is 18.1 Å². The van der Waals surface area contributed by atoms with Gasteiger partial charge in [-0.3, -0.25) is 0 Å². The predicted octanol–water partition coefficient (Wildman–Crippen LogP) is 2.93. The average molecular weight is 412 g/mol. The van der Waals surface area contributed by atoms with E-state index in [9.17, 15) is 8.42 Å². The summed E-state index contributed by atoms with van der Waals surface area (Å²) in [5.74, 6) is 1.45. The first-order chi connectivity index (χ1) is 14.0. The second-order valence-electron chi connectivity index (χ2n) is 7.22. The summed E-state index contributed by atoms with van der Waals surface area (Å²) in [6, 6.07) is 14.8. The number of hydrogen-bond acceptors (Lipinski definition) is 6. The van der Waals surface area contributed by atoms with Crippen molar-refractivity contribution in [2.45, 2.75) is 24.7 Å². The lowest BCUT2D eigenvalue weighted by atomic mass is 10.1. The highest BCUT2D eigenvalue weighted by atomic mass is 32.2. The zero-order valence-electron chi connectivity index (χ0n) is 16.4. The summed E-state index contributed by atoms with van der Waals surface area (Å²) >= 11 is 0. The van der Waals surface area contributed by atoms with Gasteiger partial charge in [0.25, 0.3) is 0 Å². The molecule has 0 radical (unpaired) electrons. The maximum atomic E-state index is 12.6. The average Bonchev–Trinajstić information content (AvgIpc) is 3.25. The van der Waals surface area contributed by atoms with Crippen molar-refractivity contribution in [3.63, 3.8) is 0 Å². The third-order valence-corrected chi connectivity index (χ3v) is 6.46. The molecule has 0 saturated carbocycles. The zero-order chi connectivity index (χ0) is 20.3. The molecule has 1 aromatic heterocycles. The van der Waals surface area contributed by atoms with Crippen LogP contribution in [-0.2, 0) is 10.0 Å². The van der Waals surface area contributed by atoms with Gasteiger partial charge >= 0.3 is 0 Å². The molecule has 1 aliphatic rings. The van der Waals surface area contributed by atoms with E-state index in [1.165, 1.54) is 12.8 Å². The first-order valence-electron chi connectivity index (χ1n) is 9.84. The Bertz CT molecular complexity index is 1110. The molecule has 0 spiro atoms. The van der Waals surface area contributed by atoms with Crippen LogP contribution in [0, 0.1) is 6.92 Å². The van der Waals surface area contributed by atoms with Crippen molar-refractivity contribution < 1.29 is 8.42 Å². The molecule has 29 heavy (non-hydrogen) atoms. The molecule has 0 aliphatic carbocycles. The second kappa shape index (κ2) is 8.34. The quantitative estimate of drug-likeness (QED) is 0.582. The first-order valence-corrected chi connectivity index (χ1v) is 11.3. The number of fused-ring (bicyclic) bond motifs is 1. The Morgan fingerprint density at radius 3 is 2.52 bits per heavy atom. The third-order valence-electron chi connectivity index (χ3n) is 5.00. The molecule has 0 unspecified atom stereocenters. The molecule has 1 fully saturated rings. The molecule has 2 N–H and O–H groups in total. The van der Waals surface area contributed by atoms with Gasteiger partial charge in [0.2, 0.25) is 16.0 Å². The molecule has 0 atom stereocenters. The van der Waals surface area contributed by atoms with Crippen LogP contribution < -0.4 is 14.9 Å². The summed E-state index contributed by atoms with van der Waals surface area (Å²) in [7, 11) is -3.57. The van der Waals surface area contributed by atoms with Crippen LogP contribution in [0.5, 0.6) is 0 Å². The van der Waals surface area contributed by atoms with Gasteiger partial charge in [-0.1, -0.05) is 30.3 Å². The molecule has 152 valence electrons. The van der Waals surface area contributed by atoms with E-state index in [0.717, 1.165) is 35.4 Å². The maximum Gasteiger partial charge on any atom is 0.240 e. The van der Waals surface area contributed by atoms with Gasteiger partial charge in [0.15, 0.2) is 0 Å². The SMILES string of the molecule is Cc1cc(N2CCCC2)nc(NCCNS(=O)(=O)c2ccc3ccccc3c2)n1. The number of sulfonamides is 1. The lowest BCUT2D eigenvalue weighted by Gasteiger charge is -2.17. The third kappa shape index (κ3) is 4.65. The summed E-state index contributed by atoms with van der Waals surface area (Å²) in [4.78, 5) is 11.5. The summed E-state index contributed by atoms with van der Waals surface area (Å²) in [5, 5.41) is 5.04. The van der Waals surface area contributed by atoms with Crippen molar-refractivity contribution in [3.05, 3.63) is 54.2 Å². The lowest BCUT2D eigenvalue weighted by Crippen LogP contribution is -2.29. The first kappa shape index (κ1) is 19.6. The Hall–Kier alpha value is -2.71. The standard InChI is InChI=1S/C21H25N5O2S/c1-16-14-20(26-12-4-5-13-26)25-21(24-16)22-10-11-23-29(27,28)19-9-8-17-6-2-3-7-18(17)15-19/h2-3,6-9,14-15,23H,4-5,10-13H2,1H3,(H,22,24,25). The summed E-state index contributed by atoms with van der Waals surface area (Å²) in [6.45, 7) is 4.61. The summed E-state index contributed by atoms with van der Waals surface area (Å²) in [5.41, 5.74) is 0.890. The molecular formula is C21H25N5O2S. The number of hydrogen-bond donors (Lipinski definition) is 2. The van der Waals surface area contributed by atoms with Crippen LogP contribution in [0.1, 0.15) is 18.5 Å². The van der Waals surface area contributed by atoms with Crippen LogP contribution in [0.25, 0.3) is 10.8 Å². The van der Waals surface area contributed by atoms with E-state index in [1.54, 1.807) is 12.1 Å². The Labute approximate surface area is 171 Å². The largest absolute Gasteiger partial charge is 0.356 e. The van der Waals surface area contributed by atoms with Crippen LogP contribution in [0.15, 0.2) is 53.4 Å². The second-order valence-corrected chi connectivity index (χ2v) is 8.99. The maximum absolute atomic E-state index is 12.6. The topological polar surface area (TPSA) is 87.2 Å². The van der Waals surface area contributed by atoms with Crippen molar-refractivity contribution in [3.8, 4) is 0 Å². The lowest BCUT2D eigenvalue weighted by molar-refractivity contribution is 0.583. The van der Waals surface area contributed by atoms with E-state index in [2.05, 4.69) is 24.9 Å². The molecule has 0 amide bonds. The van der Waals surface area contributed by atoms with Crippen molar-refractivity contribution >= 4 is 32.6 Å². The van der Waals surface area contributed by atoms with Crippen LogP contribution in [0.2, 0.25) is 0 Å². The van der Waals surface area contributed by atoms with Gasteiger partial charge in [-0.2, -0.15) is 4.98 Å².